The van der Waals surface area contributed by atoms with E-state index < -0.39 is 0 Å². The van der Waals surface area contributed by atoms with Crippen molar-refractivity contribution in [2.75, 3.05) is 12.8 Å². The van der Waals surface area contributed by atoms with Gasteiger partial charge in [-0.05, 0) is 36.4 Å². The number of hydrogen-bond donors (Lipinski definition) is 1. The lowest BCUT2D eigenvalue weighted by molar-refractivity contribution is 0.415. The maximum absolute atomic E-state index is 8.99. The minimum Gasteiger partial charge on any atom is -0.497 e. The van der Waals surface area contributed by atoms with Crippen LogP contribution in [0.2, 0.25) is 0 Å². The van der Waals surface area contributed by atoms with Gasteiger partial charge in [-0.25, -0.2) is 4.98 Å². The van der Waals surface area contributed by atoms with Crippen LogP contribution in [0.3, 0.4) is 0 Å². The van der Waals surface area contributed by atoms with Crippen LogP contribution in [0.5, 0.6) is 5.75 Å². The summed E-state index contributed by atoms with van der Waals surface area (Å²) in [5.74, 6) is 1.80. The summed E-state index contributed by atoms with van der Waals surface area (Å²) in [5.41, 5.74) is 8.59. The second kappa shape index (κ2) is 4.78. The number of benzene rings is 1. The number of methoxy groups -OCH3 is 1. The number of ether oxygens (including phenoxy) is 1. The van der Waals surface area contributed by atoms with Gasteiger partial charge in [0.1, 0.15) is 28.5 Å². The van der Waals surface area contributed by atoms with Gasteiger partial charge >= 0.3 is 0 Å². The van der Waals surface area contributed by atoms with Crippen molar-refractivity contribution in [3.63, 3.8) is 0 Å². The smallest absolute Gasteiger partial charge is 0.157 e. The molecule has 23 heavy (non-hydrogen) atoms. The van der Waals surface area contributed by atoms with Crippen LogP contribution in [-0.2, 0) is 0 Å². The monoisotopic (exact) mass is 304 g/mol. The first-order valence-electron chi connectivity index (χ1n) is 6.95. The van der Waals surface area contributed by atoms with Gasteiger partial charge in [-0.15, -0.1) is 0 Å². The molecule has 6 nitrogen and oxygen atoms in total. The summed E-state index contributed by atoms with van der Waals surface area (Å²) in [6, 6.07) is 12.9. The molecule has 0 saturated heterocycles. The molecule has 0 fully saturated rings. The maximum Gasteiger partial charge on any atom is 0.157 e. The molecular weight excluding hydrogens is 292 g/mol. The quantitative estimate of drug-likeness (QED) is 0.614. The SMILES string of the molecule is COc1ccc2oc(-c3nc4cc(C#N)ccn4c3N)cc2c1. The summed E-state index contributed by atoms with van der Waals surface area (Å²) in [6.45, 7) is 0. The Morgan fingerprint density at radius 1 is 1.26 bits per heavy atom. The lowest BCUT2D eigenvalue weighted by Crippen LogP contribution is -1.93. The average molecular weight is 304 g/mol. The molecule has 6 heteroatoms. The van der Waals surface area contributed by atoms with E-state index in [0.29, 0.717) is 28.5 Å². The van der Waals surface area contributed by atoms with Crippen molar-refractivity contribution >= 4 is 22.4 Å². The number of aromatic nitrogens is 2. The second-order valence-corrected chi connectivity index (χ2v) is 5.12. The number of nitrogen functional groups attached to an aromatic ring is 1. The molecule has 0 unspecified atom stereocenters. The van der Waals surface area contributed by atoms with E-state index in [4.69, 9.17) is 20.1 Å². The van der Waals surface area contributed by atoms with Crippen molar-refractivity contribution in [3.8, 4) is 23.3 Å². The number of furan rings is 1. The molecule has 0 bridgehead atoms. The highest BCUT2D eigenvalue weighted by Crippen LogP contribution is 2.33. The van der Waals surface area contributed by atoms with E-state index in [1.165, 1.54) is 0 Å². The lowest BCUT2D eigenvalue weighted by atomic mass is 10.2. The van der Waals surface area contributed by atoms with Gasteiger partial charge < -0.3 is 14.9 Å². The third kappa shape index (κ3) is 1.99. The molecule has 0 amide bonds. The molecule has 0 radical (unpaired) electrons. The summed E-state index contributed by atoms with van der Waals surface area (Å²) in [7, 11) is 1.62. The van der Waals surface area contributed by atoms with E-state index in [2.05, 4.69) is 11.1 Å². The summed E-state index contributed by atoms with van der Waals surface area (Å²) in [5, 5.41) is 9.90. The number of rotatable bonds is 2. The minimum absolute atomic E-state index is 0.468. The number of hydrogen-bond acceptors (Lipinski definition) is 5. The van der Waals surface area contributed by atoms with E-state index in [1.54, 1.807) is 29.8 Å². The van der Waals surface area contributed by atoms with E-state index >= 15 is 0 Å². The lowest BCUT2D eigenvalue weighted by Gasteiger charge is -1.96. The fraction of sp³-hybridized carbons (Fsp3) is 0.0588. The molecule has 112 valence electrons. The summed E-state index contributed by atoms with van der Waals surface area (Å²) < 4.78 is 12.8. The Kier molecular flexibility index (Phi) is 2.75. The summed E-state index contributed by atoms with van der Waals surface area (Å²) in [4.78, 5) is 4.49. The minimum atomic E-state index is 0.468. The predicted octanol–water partition coefficient (Wildman–Crippen LogP) is 3.21. The molecule has 0 aliphatic rings. The zero-order valence-electron chi connectivity index (χ0n) is 12.3. The van der Waals surface area contributed by atoms with Gasteiger partial charge in [0.25, 0.3) is 0 Å². The number of fused-ring (bicyclic) bond motifs is 2. The van der Waals surface area contributed by atoms with Crippen molar-refractivity contribution in [1.29, 1.82) is 5.26 Å². The first kappa shape index (κ1) is 13.2. The number of imidazole rings is 1. The Labute approximate surface area is 131 Å². The molecular formula is C17H12N4O2. The predicted molar refractivity (Wildman–Crippen MR) is 86.1 cm³/mol. The average Bonchev–Trinajstić information content (AvgIpc) is 3.14. The van der Waals surface area contributed by atoms with Gasteiger partial charge in [-0.2, -0.15) is 5.26 Å². The molecule has 0 spiro atoms. The highest BCUT2D eigenvalue weighted by Gasteiger charge is 2.16. The molecule has 4 aromatic rings. The van der Waals surface area contributed by atoms with Crippen LogP contribution in [-0.4, -0.2) is 16.5 Å². The molecule has 0 aliphatic carbocycles. The van der Waals surface area contributed by atoms with Crippen molar-refractivity contribution in [2.45, 2.75) is 0 Å². The van der Waals surface area contributed by atoms with Crippen LogP contribution in [0.15, 0.2) is 47.0 Å². The Hall–Kier alpha value is -3.46. The first-order chi connectivity index (χ1) is 11.2. The largest absolute Gasteiger partial charge is 0.497 e. The second-order valence-electron chi connectivity index (χ2n) is 5.12. The van der Waals surface area contributed by atoms with Gasteiger partial charge in [-0.1, -0.05) is 0 Å². The Bertz CT molecular complexity index is 1090. The van der Waals surface area contributed by atoms with Gasteiger partial charge in [0.15, 0.2) is 5.76 Å². The van der Waals surface area contributed by atoms with Gasteiger partial charge in [0.2, 0.25) is 0 Å². The highest BCUT2D eigenvalue weighted by atomic mass is 16.5. The summed E-state index contributed by atoms with van der Waals surface area (Å²) >= 11 is 0. The third-order valence-corrected chi connectivity index (χ3v) is 3.75. The Morgan fingerprint density at radius 3 is 2.91 bits per heavy atom. The Balaban J connectivity index is 1.91. The summed E-state index contributed by atoms with van der Waals surface area (Å²) in [6.07, 6.45) is 1.73. The van der Waals surface area contributed by atoms with E-state index in [9.17, 15) is 0 Å². The molecule has 0 aliphatic heterocycles. The van der Waals surface area contributed by atoms with Crippen LogP contribution in [0.1, 0.15) is 5.56 Å². The van der Waals surface area contributed by atoms with Crippen LogP contribution >= 0.6 is 0 Å². The molecule has 3 heterocycles. The van der Waals surface area contributed by atoms with E-state index in [0.717, 1.165) is 16.7 Å². The highest BCUT2D eigenvalue weighted by molar-refractivity contribution is 5.86. The van der Waals surface area contributed by atoms with Crippen molar-refractivity contribution in [3.05, 3.63) is 48.2 Å². The fourth-order valence-corrected chi connectivity index (χ4v) is 2.58. The number of anilines is 1. The molecule has 0 atom stereocenters. The maximum atomic E-state index is 8.99. The molecule has 1 aromatic carbocycles. The van der Waals surface area contributed by atoms with Crippen LogP contribution in [0.4, 0.5) is 5.82 Å². The zero-order chi connectivity index (χ0) is 16.0. The van der Waals surface area contributed by atoms with Crippen molar-refractivity contribution in [1.82, 2.24) is 9.38 Å². The number of nitrogens with two attached hydrogens (primary N) is 1. The standard InChI is InChI=1S/C17H12N4O2/c1-22-12-2-3-13-11(7-12)8-14(23-13)16-17(19)21-5-4-10(9-18)6-15(21)20-16/h2-8H,19H2,1H3. The van der Waals surface area contributed by atoms with Gasteiger partial charge in [-0.3, -0.25) is 4.40 Å². The van der Waals surface area contributed by atoms with Crippen LogP contribution in [0.25, 0.3) is 28.1 Å². The van der Waals surface area contributed by atoms with E-state index in [1.807, 2.05) is 24.3 Å². The van der Waals surface area contributed by atoms with Crippen molar-refractivity contribution < 1.29 is 9.15 Å². The molecule has 3 aromatic heterocycles. The van der Waals surface area contributed by atoms with Gasteiger partial charge in [0.05, 0.1) is 18.7 Å². The molecule has 4 rings (SSSR count). The normalized spacial score (nSPS) is 11.0. The number of nitriles is 1. The first-order valence-corrected chi connectivity index (χ1v) is 6.95. The van der Waals surface area contributed by atoms with E-state index in [-0.39, 0.29) is 0 Å². The topological polar surface area (TPSA) is 89.5 Å². The number of nitrogens with zero attached hydrogens (tertiary/aromatic N) is 3. The number of pyridine rings is 1. The van der Waals surface area contributed by atoms with Crippen molar-refractivity contribution in [2.24, 2.45) is 0 Å². The van der Waals surface area contributed by atoms with Crippen LogP contribution < -0.4 is 10.5 Å². The molecule has 0 saturated carbocycles. The Morgan fingerprint density at radius 2 is 2.13 bits per heavy atom. The fourth-order valence-electron chi connectivity index (χ4n) is 2.58. The zero-order valence-corrected chi connectivity index (χ0v) is 12.3. The third-order valence-electron chi connectivity index (χ3n) is 3.75. The van der Waals surface area contributed by atoms with Crippen LogP contribution in [0, 0.1) is 11.3 Å². The molecule has 2 N–H and O–H groups in total. The van der Waals surface area contributed by atoms with Gasteiger partial charge in [0, 0.05) is 11.6 Å².